The quantitative estimate of drug-likeness (QED) is 0.382. The van der Waals surface area contributed by atoms with Gasteiger partial charge in [0.05, 0.1) is 18.7 Å². The fourth-order valence-corrected chi connectivity index (χ4v) is 4.95. The van der Waals surface area contributed by atoms with Crippen molar-refractivity contribution in [2.75, 3.05) is 25.4 Å². The Hall–Kier alpha value is -4.10. The number of nitrogen functional groups attached to an aromatic ring is 1. The lowest BCUT2D eigenvalue weighted by Gasteiger charge is -2.30. The number of carboxylic acid groups (broad SMARTS) is 1. The zero-order chi connectivity index (χ0) is 25.1. The first-order valence-electron chi connectivity index (χ1n) is 12.2. The summed E-state index contributed by atoms with van der Waals surface area (Å²) < 4.78 is 5.78. The number of benzene rings is 3. The molecule has 0 aliphatic carbocycles. The topological polar surface area (TPSA) is 109 Å². The minimum atomic E-state index is -0.870. The van der Waals surface area contributed by atoms with E-state index in [0.29, 0.717) is 43.2 Å². The third-order valence-electron chi connectivity index (χ3n) is 6.91. The molecule has 5 aliphatic rings. The third-order valence-corrected chi connectivity index (χ3v) is 6.91. The van der Waals surface area contributed by atoms with Crippen molar-refractivity contribution in [3.05, 3.63) is 101 Å². The van der Waals surface area contributed by atoms with E-state index in [9.17, 15) is 14.7 Å². The summed E-state index contributed by atoms with van der Waals surface area (Å²) >= 11 is 0. The fourth-order valence-electron chi connectivity index (χ4n) is 4.95. The molecule has 1 amide bonds. The molecule has 0 aromatic heterocycles. The maximum absolute atomic E-state index is 13.2. The summed E-state index contributed by atoms with van der Waals surface area (Å²) in [6.45, 7) is 2.25. The van der Waals surface area contributed by atoms with Crippen molar-refractivity contribution in [1.29, 1.82) is 0 Å². The van der Waals surface area contributed by atoms with Gasteiger partial charge in [-0.15, -0.1) is 0 Å². The Morgan fingerprint density at radius 2 is 1.81 bits per heavy atom. The molecular formula is C29H30N3O4+. The van der Waals surface area contributed by atoms with Gasteiger partial charge in [0, 0.05) is 30.6 Å². The Morgan fingerprint density at radius 1 is 1.03 bits per heavy atom. The molecule has 7 nitrogen and oxygen atoms in total. The van der Waals surface area contributed by atoms with E-state index in [1.807, 2.05) is 58.8 Å². The molecule has 1 atom stereocenters. The zero-order valence-corrected chi connectivity index (χ0v) is 20.0. The number of quaternary nitrogens is 1. The van der Waals surface area contributed by atoms with Crippen LogP contribution in [0.5, 0.6) is 5.75 Å². The second-order valence-electron chi connectivity index (χ2n) is 9.29. The van der Waals surface area contributed by atoms with Crippen LogP contribution in [0.2, 0.25) is 0 Å². The Bertz CT molecular complexity index is 1320. The van der Waals surface area contributed by atoms with Crippen molar-refractivity contribution < 1.29 is 24.7 Å². The van der Waals surface area contributed by atoms with Crippen LogP contribution in [-0.4, -0.2) is 41.6 Å². The number of nitrogens with zero attached hydrogens (tertiary/aromatic N) is 1. The van der Waals surface area contributed by atoms with Gasteiger partial charge in [-0.2, -0.15) is 0 Å². The number of amides is 1. The summed E-state index contributed by atoms with van der Waals surface area (Å²) in [5.41, 5.74) is 12.5. The summed E-state index contributed by atoms with van der Waals surface area (Å²) in [5, 5.41) is 11.7. The molecule has 0 saturated carbocycles. The standard InChI is InChI=1S/C29H29N3O4/c30-26-16-22-7-10-27(26)31-12-1-2-14-36-24-8-5-20(6-9-24)29(35)32-13-11-19-3-4-21(15-23(19)18-32)25(22)17-28(33)34/h1-10,15-16,25,31H,11-14,17-18,30H2,(H,33,34)/p+1/b2-1+. The summed E-state index contributed by atoms with van der Waals surface area (Å²) in [4.78, 5) is 26.9. The lowest BCUT2D eigenvalue weighted by atomic mass is 9.85. The molecule has 8 rings (SSSR count). The average Bonchev–Trinajstić information content (AvgIpc) is 2.88. The number of rotatable bonds is 2. The van der Waals surface area contributed by atoms with Crippen LogP contribution < -0.4 is 15.8 Å². The van der Waals surface area contributed by atoms with Gasteiger partial charge in [0.1, 0.15) is 12.4 Å². The molecule has 36 heavy (non-hydrogen) atoms. The van der Waals surface area contributed by atoms with Crippen LogP contribution in [0.3, 0.4) is 0 Å². The van der Waals surface area contributed by atoms with E-state index in [2.05, 4.69) is 12.1 Å². The van der Waals surface area contributed by atoms with Crippen LogP contribution in [0.4, 0.5) is 11.4 Å². The molecule has 3 aromatic carbocycles. The van der Waals surface area contributed by atoms with Gasteiger partial charge in [-0.05, 0) is 71.2 Å². The van der Waals surface area contributed by atoms with E-state index in [4.69, 9.17) is 10.5 Å². The first-order valence-corrected chi connectivity index (χ1v) is 12.2. The number of hydrogen-bond donors (Lipinski definition) is 3. The van der Waals surface area contributed by atoms with Gasteiger partial charge in [-0.1, -0.05) is 24.3 Å². The summed E-state index contributed by atoms with van der Waals surface area (Å²) in [6, 6.07) is 19.2. The Labute approximate surface area is 210 Å². The normalized spacial score (nSPS) is 18.5. The summed E-state index contributed by atoms with van der Waals surface area (Å²) in [6.07, 6.45) is 4.68. The lowest BCUT2D eigenvalue weighted by Crippen LogP contribution is -2.77. The van der Waals surface area contributed by atoms with Gasteiger partial charge < -0.3 is 25.8 Å². The molecule has 184 valence electrons. The first-order chi connectivity index (χ1) is 17.5. The molecule has 5 aliphatic heterocycles. The van der Waals surface area contributed by atoms with Crippen molar-refractivity contribution in [2.24, 2.45) is 0 Å². The highest BCUT2D eigenvalue weighted by Crippen LogP contribution is 2.33. The summed E-state index contributed by atoms with van der Waals surface area (Å²) in [7, 11) is 0. The number of carboxylic acids is 1. The minimum Gasteiger partial charge on any atom is -0.490 e. The number of carbonyl (C=O) groups is 2. The van der Waals surface area contributed by atoms with Gasteiger partial charge in [0.15, 0.2) is 5.69 Å². The Kier molecular flexibility index (Phi) is 6.73. The smallest absolute Gasteiger partial charge is 0.304 e. The first kappa shape index (κ1) is 23.6. The average molecular weight is 485 g/mol. The van der Waals surface area contributed by atoms with Crippen molar-refractivity contribution in [3.63, 3.8) is 0 Å². The van der Waals surface area contributed by atoms with Crippen LogP contribution in [0.1, 0.15) is 45.0 Å². The highest BCUT2D eigenvalue weighted by atomic mass is 16.5. The fraction of sp³-hybridized carbons (Fsp3) is 0.241. The highest BCUT2D eigenvalue weighted by Gasteiger charge is 2.25. The number of anilines is 1. The lowest BCUT2D eigenvalue weighted by molar-refractivity contribution is -0.560. The number of carbonyl (C=O) groups excluding carboxylic acids is 1. The van der Waals surface area contributed by atoms with Crippen molar-refractivity contribution in [1.82, 2.24) is 4.90 Å². The van der Waals surface area contributed by atoms with E-state index >= 15 is 0 Å². The molecule has 3 aromatic rings. The molecule has 1 unspecified atom stereocenters. The van der Waals surface area contributed by atoms with Crippen molar-refractivity contribution in [3.8, 4) is 5.75 Å². The molecule has 0 fully saturated rings. The number of hydrogen-bond acceptors (Lipinski definition) is 4. The highest BCUT2D eigenvalue weighted by molar-refractivity contribution is 5.94. The van der Waals surface area contributed by atoms with Crippen molar-refractivity contribution in [2.45, 2.75) is 25.3 Å². The van der Waals surface area contributed by atoms with E-state index in [1.54, 1.807) is 12.1 Å². The van der Waals surface area contributed by atoms with Gasteiger partial charge in [-0.3, -0.25) is 9.59 Å². The van der Waals surface area contributed by atoms with Crippen molar-refractivity contribution >= 4 is 23.3 Å². The van der Waals surface area contributed by atoms with Crippen LogP contribution >= 0.6 is 0 Å². The van der Waals surface area contributed by atoms with E-state index in [-0.39, 0.29) is 18.2 Å². The molecule has 5 N–H and O–H groups in total. The van der Waals surface area contributed by atoms with Gasteiger partial charge >= 0.3 is 5.97 Å². The monoisotopic (exact) mass is 484 g/mol. The molecule has 7 heteroatoms. The van der Waals surface area contributed by atoms with Gasteiger partial charge in [-0.25, -0.2) is 0 Å². The number of ether oxygens (including phenoxy) is 1. The van der Waals surface area contributed by atoms with Crippen LogP contribution in [0, 0.1) is 0 Å². The number of aliphatic carboxylic acids is 1. The summed E-state index contributed by atoms with van der Waals surface area (Å²) in [5.74, 6) is -0.521. The van der Waals surface area contributed by atoms with Gasteiger partial charge in [0.25, 0.3) is 5.91 Å². The van der Waals surface area contributed by atoms with E-state index in [1.165, 1.54) is 5.56 Å². The maximum atomic E-state index is 13.2. The number of nitrogens with two attached hydrogens (primary N) is 2. The Morgan fingerprint density at radius 3 is 2.58 bits per heavy atom. The second-order valence-corrected chi connectivity index (χ2v) is 9.29. The second kappa shape index (κ2) is 10.3. The molecular weight excluding hydrogens is 454 g/mol. The zero-order valence-electron chi connectivity index (χ0n) is 20.0. The maximum Gasteiger partial charge on any atom is 0.304 e. The van der Waals surface area contributed by atoms with Crippen LogP contribution in [0.25, 0.3) is 0 Å². The van der Waals surface area contributed by atoms with E-state index in [0.717, 1.165) is 28.8 Å². The van der Waals surface area contributed by atoms with Gasteiger partial charge in [0.2, 0.25) is 0 Å². The van der Waals surface area contributed by atoms with Crippen LogP contribution in [0.15, 0.2) is 72.8 Å². The molecule has 5 heterocycles. The molecule has 0 spiro atoms. The minimum absolute atomic E-state index is 0.0237. The largest absolute Gasteiger partial charge is 0.490 e. The molecule has 7 bridgehead atoms. The predicted octanol–water partition coefficient (Wildman–Crippen LogP) is 3.22. The van der Waals surface area contributed by atoms with E-state index < -0.39 is 5.97 Å². The molecule has 0 radical (unpaired) electrons. The predicted molar refractivity (Wildman–Crippen MR) is 137 cm³/mol. The molecule has 0 saturated heterocycles. The Balaban J connectivity index is 1.54. The third kappa shape index (κ3) is 5.11. The SMILES string of the molecule is Nc1cc2ccc1[NH2+]C/C=C/COc1ccc(cc1)C(=O)N1CCc3ccc(cc3C1)C2CC(=O)O. The van der Waals surface area contributed by atoms with Crippen LogP contribution in [-0.2, 0) is 17.8 Å².